The summed E-state index contributed by atoms with van der Waals surface area (Å²) in [7, 11) is 0. The van der Waals surface area contributed by atoms with Crippen LogP contribution in [0.15, 0.2) is 6.07 Å². The first-order valence-corrected chi connectivity index (χ1v) is 5.56. The normalized spacial score (nSPS) is 25.1. The van der Waals surface area contributed by atoms with Crippen LogP contribution in [0.5, 0.6) is 0 Å². The number of aliphatic hydroxyl groups excluding tert-OH is 1. The Bertz CT molecular complexity index is 403. The van der Waals surface area contributed by atoms with Gasteiger partial charge < -0.3 is 5.11 Å². The molecule has 0 bridgehead atoms. The van der Waals surface area contributed by atoms with Crippen LogP contribution in [0.1, 0.15) is 48.5 Å². The van der Waals surface area contributed by atoms with Crippen LogP contribution < -0.4 is 0 Å². The molecule has 1 aliphatic rings. The van der Waals surface area contributed by atoms with Crippen molar-refractivity contribution in [3.05, 3.63) is 33.6 Å². The van der Waals surface area contributed by atoms with Crippen LogP contribution in [0, 0.1) is 12.7 Å². The monoisotopic (exact) mass is 228 g/mol. The highest BCUT2D eigenvalue weighted by Gasteiger charge is 2.28. The van der Waals surface area contributed by atoms with Crippen molar-refractivity contribution in [1.29, 1.82) is 0 Å². The summed E-state index contributed by atoms with van der Waals surface area (Å²) in [6.07, 6.45) is 1.03. The van der Waals surface area contributed by atoms with Crippen molar-refractivity contribution in [1.82, 2.24) is 0 Å². The molecule has 0 saturated heterocycles. The smallest absolute Gasteiger partial charge is 0.127 e. The van der Waals surface area contributed by atoms with Gasteiger partial charge in [0.1, 0.15) is 5.82 Å². The van der Waals surface area contributed by atoms with Gasteiger partial charge in [0.05, 0.1) is 6.10 Å². The first kappa shape index (κ1) is 10.9. The summed E-state index contributed by atoms with van der Waals surface area (Å²) < 4.78 is 13.5. The predicted octanol–water partition coefficient (Wildman–Crippen LogP) is 3.72. The van der Waals surface area contributed by atoms with Crippen LogP contribution in [0.2, 0.25) is 5.02 Å². The van der Waals surface area contributed by atoms with E-state index in [1.54, 1.807) is 6.92 Å². The molecule has 3 heteroatoms. The summed E-state index contributed by atoms with van der Waals surface area (Å²) in [6, 6.07) is 1.35. The van der Waals surface area contributed by atoms with Crippen molar-refractivity contribution in [3.8, 4) is 0 Å². The lowest BCUT2D eigenvalue weighted by Gasteiger charge is -2.29. The van der Waals surface area contributed by atoms with Crippen LogP contribution in [0.3, 0.4) is 0 Å². The van der Waals surface area contributed by atoms with Crippen LogP contribution in [0.4, 0.5) is 4.39 Å². The van der Waals surface area contributed by atoms with E-state index in [0.717, 1.165) is 12.0 Å². The molecule has 0 radical (unpaired) electrons. The quantitative estimate of drug-likeness (QED) is 0.718. The minimum absolute atomic E-state index is 0.301. The lowest BCUT2D eigenvalue weighted by Crippen LogP contribution is -2.15. The summed E-state index contributed by atoms with van der Waals surface area (Å²) >= 11 is 6.03. The highest BCUT2D eigenvalue weighted by molar-refractivity contribution is 6.31. The van der Waals surface area contributed by atoms with Crippen molar-refractivity contribution in [3.63, 3.8) is 0 Å². The highest BCUT2D eigenvalue weighted by Crippen LogP contribution is 2.43. The van der Waals surface area contributed by atoms with Crippen molar-refractivity contribution in [2.75, 3.05) is 0 Å². The van der Waals surface area contributed by atoms with Gasteiger partial charge >= 0.3 is 0 Å². The number of rotatable bonds is 0. The number of aliphatic hydroxyl groups is 1. The van der Waals surface area contributed by atoms with Gasteiger partial charge in [-0.05, 0) is 48.4 Å². The Morgan fingerprint density at radius 3 is 2.73 bits per heavy atom. The van der Waals surface area contributed by atoms with E-state index in [4.69, 9.17) is 11.6 Å². The van der Waals surface area contributed by atoms with E-state index in [0.29, 0.717) is 28.5 Å². The summed E-state index contributed by atoms with van der Waals surface area (Å²) in [5.41, 5.74) is 2.17. The molecule has 0 heterocycles. The molecule has 2 atom stereocenters. The van der Waals surface area contributed by atoms with E-state index in [-0.39, 0.29) is 5.82 Å². The third kappa shape index (κ3) is 1.66. The number of hydrogen-bond donors (Lipinski definition) is 1. The topological polar surface area (TPSA) is 20.2 Å². The average molecular weight is 229 g/mol. The van der Waals surface area contributed by atoms with E-state index in [1.807, 2.05) is 0 Å². The zero-order valence-corrected chi connectivity index (χ0v) is 9.61. The lowest BCUT2D eigenvalue weighted by molar-refractivity contribution is 0.150. The molecule has 1 aliphatic carbocycles. The van der Waals surface area contributed by atoms with E-state index >= 15 is 0 Å². The van der Waals surface area contributed by atoms with Crippen molar-refractivity contribution in [2.45, 2.75) is 38.7 Å². The maximum absolute atomic E-state index is 13.5. The number of fused-ring (bicyclic) bond motifs is 1. The first-order chi connectivity index (χ1) is 7.02. The second-order valence-electron chi connectivity index (χ2n) is 4.29. The first-order valence-electron chi connectivity index (χ1n) is 5.18. The van der Waals surface area contributed by atoms with E-state index in [9.17, 15) is 9.50 Å². The summed E-state index contributed by atoms with van der Waals surface area (Å²) in [5.74, 6) is -0.0258. The molecule has 0 saturated carbocycles. The van der Waals surface area contributed by atoms with E-state index in [1.165, 1.54) is 6.07 Å². The van der Waals surface area contributed by atoms with Crippen molar-refractivity contribution >= 4 is 11.6 Å². The minimum atomic E-state index is -0.565. The SMILES string of the molecule is Cc1c(F)cc(Cl)c2c1[C@@H](O)CCC2C. The van der Waals surface area contributed by atoms with E-state index < -0.39 is 6.10 Å². The second kappa shape index (κ2) is 3.76. The minimum Gasteiger partial charge on any atom is -0.388 e. The molecule has 82 valence electrons. The maximum atomic E-state index is 13.5. The summed E-state index contributed by atoms with van der Waals surface area (Å²) in [6.45, 7) is 3.76. The Hall–Kier alpha value is -0.600. The van der Waals surface area contributed by atoms with Crippen LogP contribution in [0.25, 0.3) is 0 Å². The summed E-state index contributed by atoms with van der Waals surface area (Å²) in [4.78, 5) is 0. The van der Waals surface area contributed by atoms with Crippen LogP contribution in [-0.4, -0.2) is 5.11 Å². The second-order valence-corrected chi connectivity index (χ2v) is 4.69. The van der Waals surface area contributed by atoms with Gasteiger partial charge in [-0.1, -0.05) is 18.5 Å². The van der Waals surface area contributed by atoms with Crippen molar-refractivity contribution in [2.24, 2.45) is 0 Å². The molecular formula is C12H14ClFO. The zero-order chi connectivity index (χ0) is 11.2. The van der Waals surface area contributed by atoms with Gasteiger partial charge in [-0.3, -0.25) is 0 Å². The zero-order valence-electron chi connectivity index (χ0n) is 8.85. The molecule has 0 spiro atoms. The average Bonchev–Trinajstić information content (AvgIpc) is 2.18. The Morgan fingerprint density at radius 2 is 2.07 bits per heavy atom. The van der Waals surface area contributed by atoms with Gasteiger partial charge in [0.25, 0.3) is 0 Å². The Morgan fingerprint density at radius 1 is 1.40 bits per heavy atom. The third-order valence-corrected chi connectivity index (χ3v) is 3.58. The largest absolute Gasteiger partial charge is 0.388 e. The fourth-order valence-electron chi connectivity index (χ4n) is 2.38. The third-order valence-electron chi connectivity index (χ3n) is 3.26. The van der Waals surface area contributed by atoms with Gasteiger partial charge in [0.15, 0.2) is 0 Å². The molecular weight excluding hydrogens is 215 g/mol. The standard InChI is InChI=1S/C12H14ClFO/c1-6-3-4-10(15)12-7(2)9(14)5-8(13)11(6)12/h5-6,10,15H,3-4H2,1-2H3/t6?,10-/m0/s1. The van der Waals surface area contributed by atoms with Crippen LogP contribution in [-0.2, 0) is 0 Å². The van der Waals surface area contributed by atoms with Gasteiger partial charge in [0, 0.05) is 5.02 Å². The maximum Gasteiger partial charge on any atom is 0.127 e. The molecule has 0 amide bonds. The molecule has 1 unspecified atom stereocenters. The Kier molecular flexibility index (Phi) is 2.73. The Labute approximate surface area is 93.9 Å². The fourth-order valence-corrected chi connectivity index (χ4v) is 2.77. The number of benzene rings is 1. The van der Waals surface area contributed by atoms with Crippen molar-refractivity contribution < 1.29 is 9.50 Å². The number of hydrogen-bond acceptors (Lipinski definition) is 1. The molecule has 0 aromatic heterocycles. The number of halogens is 2. The molecule has 1 aromatic rings. The summed E-state index contributed by atoms with van der Waals surface area (Å²) in [5, 5.41) is 10.3. The van der Waals surface area contributed by atoms with Gasteiger partial charge in [0.2, 0.25) is 0 Å². The lowest BCUT2D eigenvalue weighted by atomic mass is 9.80. The van der Waals surface area contributed by atoms with Gasteiger partial charge in [-0.15, -0.1) is 0 Å². The van der Waals surface area contributed by atoms with Gasteiger partial charge in [-0.2, -0.15) is 0 Å². The van der Waals surface area contributed by atoms with Gasteiger partial charge in [-0.25, -0.2) is 4.39 Å². The molecule has 1 aromatic carbocycles. The molecule has 1 nitrogen and oxygen atoms in total. The molecule has 15 heavy (non-hydrogen) atoms. The molecule has 0 fully saturated rings. The Balaban J connectivity index is 2.71. The molecule has 0 aliphatic heterocycles. The van der Waals surface area contributed by atoms with E-state index in [2.05, 4.69) is 6.92 Å². The molecule has 2 rings (SSSR count). The molecule has 1 N–H and O–H groups in total. The van der Waals surface area contributed by atoms with Crippen LogP contribution >= 0.6 is 11.6 Å². The fraction of sp³-hybridized carbons (Fsp3) is 0.500. The highest BCUT2D eigenvalue weighted by atomic mass is 35.5. The predicted molar refractivity (Wildman–Crippen MR) is 58.8 cm³/mol.